The van der Waals surface area contributed by atoms with Crippen molar-refractivity contribution in [1.29, 1.82) is 0 Å². The highest BCUT2D eigenvalue weighted by Gasteiger charge is 2.05. The molecule has 0 spiro atoms. The molecule has 5 heteroatoms. The highest BCUT2D eigenvalue weighted by Crippen LogP contribution is 2.23. The Morgan fingerprint density at radius 1 is 1.12 bits per heavy atom. The molecule has 0 amide bonds. The van der Waals surface area contributed by atoms with Gasteiger partial charge in [-0.15, -0.1) is 0 Å². The van der Waals surface area contributed by atoms with Crippen LogP contribution in [-0.2, 0) is 0 Å². The first-order chi connectivity index (χ1) is 7.74. The minimum absolute atomic E-state index is 0.129. The Morgan fingerprint density at radius 3 is 2.19 bits per heavy atom. The summed E-state index contributed by atoms with van der Waals surface area (Å²) in [6.45, 7) is 0. The summed E-state index contributed by atoms with van der Waals surface area (Å²) in [6, 6.07) is 6.70. The van der Waals surface area contributed by atoms with Gasteiger partial charge in [0.1, 0.15) is 11.5 Å². The lowest BCUT2D eigenvalue weighted by molar-refractivity contribution is 0.394. The molecule has 0 aliphatic rings. The molecular weight excluding hydrogens is 208 g/mol. The van der Waals surface area contributed by atoms with Crippen molar-refractivity contribution in [3.63, 3.8) is 0 Å². The average molecular weight is 220 g/mol. The summed E-state index contributed by atoms with van der Waals surface area (Å²) in [4.78, 5) is 11.5. The van der Waals surface area contributed by atoms with Crippen molar-refractivity contribution in [2.75, 3.05) is 14.2 Å². The Hall–Kier alpha value is -2.17. The lowest BCUT2D eigenvalue weighted by atomic mass is 10.3. The summed E-state index contributed by atoms with van der Waals surface area (Å²) in [5.74, 6) is 1.27. The molecule has 0 atom stereocenters. The van der Waals surface area contributed by atoms with E-state index in [0.29, 0.717) is 17.2 Å². The summed E-state index contributed by atoms with van der Waals surface area (Å²) >= 11 is 0. The Morgan fingerprint density at radius 2 is 1.75 bits per heavy atom. The molecule has 0 saturated carbocycles. The lowest BCUT2D eigenvalue weighted by Crippen LogP contribution is -2.13. The predicted molar refractivity (Wildman–Crippen MR) is 59.5 cm³/mol. The van der Waals surface area contributed by atoms with Crippen molar-refractivity contribution in [2.45, 2.75) is 0 Å². The van der Waals surface area contributed by atoms with Gasteiger partial charge in [-0.05, 0) is 0 Å². The summed E-state index contributed by atoms with van der Waals surface area (Å²) in [5, 5.41) is 2.82. The predicted octanol–water partition coefficient (Wildman–Crippen LogP) is 1.18. The molecule has 2 aromatic rings. The van der Waals surface area contributed by atoms with Gasteiger partial charge in [0, 0.05) is 30.5 Å². The molecule has 2 rings (SSSR count). The van der Waals surface area contributed by atoms with Crippen molar-refractivity contribution in [3.05, 3.63) is 40.8 Å². The molecule has 16 heavy (non-hydrogen) atoms. The van der Waals surface area contributed by atoms with E-state index < -0.39 is 0 Å². The van der Waals surface area contributed by atoms with Crippen molar-refractivity contribution in [1.82, 2.24) is 9.78 Å². The highest BCUT2D eigenvalue weighted by molar-refractivity contribution is 5.46. The fourth-order valence-electron chi connectivity index (χ4n) is 1.44. The van der Waals surface area contributed by atoms with E-state index in [1.807, 2.05) is 0 Å². The van der Waals surface area contributed by atoms with Crippen molar-refractivity contribution < 1.29 is 9.47 Å². The maximum absolute atomic E-state index is 11.5. The van der Waals surface area contributed by atoms with Crippen LogP contribution in [0.5, 0.6) is 11.5 Å². The van der Waals surface area contributed by atoms with E-state index in [9.17, 15) is 4.79 Å². The zero-order valence-corrected chi connectivity index (χ0v) is 9.06. The first-order valence-corrected chi connectivity index (χ1v) is 4.74. The molecule has 0 fully saturated rings. The van der Waals surface area contributed by atoms with Crippen LogP contribution in [0, 0.1) is 0 Å². The van der Waals surface area contributed by atoms with Crippen LogP contribution in [0.4, 0.5) is 0 Å². The first-order valence-electron chi connectivity index (χ1n) is 4.74. The standard InChI is InChI=1S/C11H12N2O3/c1-15-9-5-8(6-10(7-9)16-2)13-11(14)3-4-12-13/h3-7,12H,1-2H3. The van der Waals surface area contributed by atoms with Crippen LogP contribution < -0.4 is 15.0 Å². The molecule has 0 aliphatic heterocycles. The van der Waals surface area contributed by atoms with Crippen LogP contribution in [0.15, 0.2) is 35.3 Å². The maximum atomic E-state index is 11.5. The van der Waals surface area contributed by atoms with Crippen LogP contribution in [0.3, 0.4) is 0 Å². The fraction of sp³-hybridized carbons (Fsp3) is 0.182. The third kappa shape index (κ3) is 1.79. The Balaban J connectivity index is 2.56. The third-order valence-corrected chi connectivity index (χ3v) is 2.24. The number of methoxy groups -OCH3 is 2. The SMILES string of the molecule is COc1cc(OC)cc(-n2[nH]ccc2=O)c1. The quantitative estimate of drug-likeness (QED) is 0.845. The molecule has 1 heterocycles. The Labute approximate surface area is 92.2 Å². The summed E-state index contributed by atoms with van der Waals surface area (Å²) in [7, 11) is 3.13. The molecule has 1 aromatic heterocycles. The van der Waals surface area contributed by atoms with Gasteiger partial charge in [0.05, 0.1) is 19.9 Å². The van der Waals surface area contributed by atoms with E-state index in [4.69, 9.17) is 9.47 Å². The first kappa shape index (κ1) is 10.4. The lowest BCUT2D eigenvalue weighted by Gasteiger charge is -2.08. The molecule has 84 valence electrons. The molecule has 0 unspecified atom stereocenters. The van der Waals surface area contributed by atoms with E-state index in [-0.39, 0.29) is 5.56 Å². The Bertz CT molecular complexity index is 520. The van der Waals surface area contributed by atoms with Gasteiger partial charge in [-0.1, -0.05) is 0 Å². The molecular formula is C11H12N2O3. The maximum Gasteiger partial charge on any atom is 0.271 e. The van der Waals surface area contributed by atoms with Crippen LogP contribution in [0.1, 0.15) is 0 Å². The van der Waals surface area contributed by atoms with Crippen molar-refractivity contribution in [3.8, 4) is 17.2 Å². The van der Waals surface area contributed by atoms with Gasteiger partial charge in [-0.25, -0.2) is 4.68 Å². The molecule has 0 saturated heterocycles. The topological polar surface area (TPSA) is 56.2 Å². The molecule has 5 nitrogen and oxygen atoms in total. The van der Waals surface area contributed by atoms with Crippen LogP contribution in [-0.4, -0.2) is 24.0 Å². The number of nitrogens with zero attached hydrogens (tertiary/aromatic N) is 1. The number of aromatic amines is 1. The van der Waals surface area contributed by atoms with Crippen LogP contribution >= 0.6 is 0 Å². The number of rotatable bonds is 3. The fourth-order valence-corrected chi connectivity index (χ4v) is 1.44. The van der Waals surface area contributed by atoms with Gasteiger partial charge >= 0.3 is 0 Å². The number of H-pyrrole nitrogens is 1. The van der Waals surface area contributed by atoms with E-state index in [0.717, 1.165) is 0 Å². The van der Waals surface area contributed by atoms with Gasteiger partial charge in [0.15, 0.2) is 0 Å². The largest absolute Gasteiger partial charge is 0.497 e. The van der Waals surface area contributed by atoms with Crippen LogP contribution in [0.2, 0.25) is 0 Å². The molecule has 0 radical (unpaired) electrons. The summed E-state index contributed by atoms with van der Waals surface area (Å²) < 4.78 is 11.7. The minimum Gasteiger partial charge on any atom is -0.497 e. The van der Waals surface area contributed by atoms with Crippen molar-refractivity contribution in [2.24, 2.45) is 0 Å². The average Bonchev–Trinajstić information content (AvgIpc) is 2.74. The van der Waals surface area contributed by atoms with Gasteiger partial charge in [-0.2, -0.15) is 0 Å². The number of ether oxygens (including phenoxy) is 2. The number of aromatic nitrogens is 2. The second kappa shape index (κ2) is 4.14. The van der Waals surface area contributed by atoms with E-state index in [2.05, 4.69) is 5.10 Å². The van der Waals surface area contributed by atoms with Gasteiger partial charge in [0.25, 0.3) is 5.56 Å². The summed E-state index contributed by atoms with van der Waals surface area (Å²) in [6.07, 6.45) is 1.58. The van der Waals surface area contributed by atoms with Crippen molar-refractivity contribution >= 4 is 0 Å². The van der Waals surface area contributed by atoms with Crippen LogP contribution in [0.25, 0.3) is 5.69 Å². The molecule has 1 N–H and O–H groups in total. The minimum atomic E-state index is -0.129. The normalized spacial score (nSPS) is 10.1. The van der Waals surface area contributed by atoms with E-state index in [1.165, 1.54) is 10.7 Å². The second-order valence-corrected chi connectivity index (χ2v) is 3.21. The summed E-state index contributed by atoms with van der Waals surface area (Å²) in [5.41, 5.74) is 0.543. The Kier molecular flexibility index (Phi) is 2.68. The molecule has 0 aliphatic carbocycles. The zero-order valence-electron chi connectivity index (χ0n) is 9.06. The number of nitrogens with one attached hydrogen (secondary N) is 1. The molecule has 0 bridgehead atoms. The molecule has 1 aromatic carbocycles. The van der Waals surface area contributed by atoms with E-state index in [1.54, 1.807) is 38.6 Å². The monoisotopic (exact) mass is 220 g/mol. The zero-order chi connectivity index (χ0) is 11.5. The number of hydrogen-bond acceptors (Lipinski definition) is 3. The number of benzene rings is 1. The third-order valence-electron chi connectivity index (χ3n) is 2.24. The second-order valence-electron chi connectivity index (χ2n) is 3.21. The van der Waals surface area contributed by atoms with E-state index >= 15 is 0 Å². The highest BCUT2D eigenvalue weighted by atomic mass is 16.5. The smallest absolute Gasteiger partial charge is 0.271 e. The number of hydrogen-bond donors (Lipinski definition) is 1. The van der Waals surface area contributed by atoms with Gasteiger partial charge < -0.3 is 9.47 Å². The van der Waals surface area contributed by atoms with Gasteiger partial charge in [0.2, 0.25) is 0 Å². The van der Waals surface area contributed by atoms with Gasteiger partial charge in [-0.3, -0.25) is 9.89 Å².